The monoisotopic (exact) mass is 245 g/mol. The molecule has 0 saturated carbocycles. The highest BCUT2D eigenvalue weighted by molar-refractivity contribution is 5.46. The summed E-state index contributed by atoms with van der Waals surface area (Å²) in [6, 6.07) is 14.4. The lowest BCUT2D eigenvalue weighted by molar-refractivity contribution is 0.340. The van der Waals surface area contributed by atoms with Crippen molar-refractivity contribution in [2.45, 2.75) is 13.5 Å². The van der Waals surface area contributed by atoms with E-state index < -0.39 is 0 Å². The molecule has 2 aromatic rings. The van der Waals surface area contributed by atoms with Crippen LogP contribution in [0.2, 0.25) is 0 Å². The number of nitrogens with one attached hydrogen (secondary N) is 1. The Morgan fingerprint density at radius 2 is 1.78 bits per heavy atom. The van der Waals surface area contributed by atoms with Gasteiger partial charge in [-0.3, -0.25) is 0 Å². The van der Waals surface area contributed by atoms with Crippen molar-refractivity contribution in [3.05, 3.63) is 59.9 Å². The lowest BCUT2D eigenvalue weighted by atomic mass is 10.2. The zero-order valence-electron chi connectivity index (χ0n) is 10.3. The number of anilines is 1. The Morgan fingerprint density at radius 3 is 2.44 bits per heavy atom. The smallest absolute Gasteiger partial charge is 0.128 e. The van der Waals surface area contributed by atoms with Crippen molar-refractivity contribution in [1.29, 1.82) is 0 Å². The van der Waals surface area contributed by atoms with Gasteiger partial charge in [-0.1, -0.05) is 18.2 Å². The van der Waals surface area contributed by atoms with Gasteiger partial charge in [0.2, 0.25) is 0 Å². The predicted octanol–water partition coefficient (Wildman–Crippen LogP) is 3.84. The highest BCUT2D eigenvalue weighted by atomic mass is 19.1. The van der Waals surface area contributed by atoms with Crippen molar-refractivity contribution >= 4 is 5.69 Å². The molecule has 3 heteroatoms. The van der Waals surface area contributed by atoms with E-state index in [1.54, 1.807) is 12.1 Å². The van der Waals surface area contributed by atoms with E-state index in [1.807, 2.05) is 37.3 Å². The van der Waals surface area contributed by atoms with E-state index in [4.69, 9.17) is 4.74 Å². The number of rotatable bonds is 5. The zero-order valence-corrected chi connectivity index (χ0v) is 10.3. The highest BCUT2D eigenvalue weighted by Gasteiger charge is 2.00. The minimum absolute atomic E-state index is 0.184. The summed E-state index contributed by atoms with van der Waals surface area (Å²) in [4.78, 5) is 0. The van der Waals surface area contributed by atoms with Gasteiger partial charge in [0.15, 0.2) is 0 Å². The number of ether oxygens (including phenoxy) is 1. The molecule has 0 fully saturated rings. The SMILES string of the molecule is CCOc1ccc(NCc2ccccc2F)cc1. The van der Waals surface area contributed by atoms with E-state index in [0.29, 0.717) is 18.7 Å². The standard InChI is InChI=1S/C15H16FNO/c1-2-18-14-9-7-13(8-10-14)17-11-12-5-3-4-6-15(12)16/h3-10,17H,2,11H2,1H3. The Bertz CT molecular complexity index is 496. The topological polar surface area (TPSA) is 21.3 Å². The van der Waals surface area contributed by atoms with Crippen LogP contribution in [0.25, 0.3) is 0 Å². The molecule has 0 aliphatic rings. The number of hydrogen-bond acceptors (Lipinski definition) is 2. The largest absolute Gasteiger partial charge is 0.494 e. The molecule has 0 heterocycles. The summed E-state index contributed by atoms with van der Waals surface area (Å²) < 4.78 is 18.8. The van der Waals surface area contributed by atoms with Gasteiger partial charge < -0.3 is 10.1 Å². The van der Waals surface area contributed by atoms with E-state index >= 15 is 0 Å². The van der Waals surface area contributed by atoms with E-state index in [1.165, 1.54) is 6.07 Å². The maximum atomic E-state index is 13.4. The molecule has 0 aliphatic carbocycles. The molecule has 0 aliphatic heterocycles. The van der Waals surface area contributed by atoms with Gasteiger partial charge in [-0.15, -0.1) is 0 Å². The summed E-state index contributed by atoms with van der Waals surface area (Å²) in [5.41, 5.74) is 1.60. The third-order valence-corrected chi connectivity index (χ3v) is 2.61. The van der Waals surface area contributed by atoms with Crippen LogP contribution in [0.15, 0.2) is 48.5 Å². The lowest BCUT2D eigenvalue weighted by Crippen LogP contribution is -2.01. The second-order valence-electron chi connectivity index (χ2n) is 3.90. The Kier molecular flexibility index (Phi) is 4.18. The second kappa shape index (κ2) is 6.05. The van der Waals surface area contributed by atoms with Crippen LogP contribution in [-0.2, 0) is 6.54 Å². The van der Waals surface area contributed by atoms with Gasteiger partial charge >= 0.3 is 0 Å². The maximum absolute atomic E-state index is 13.4. The predicted molar refractivity (Wildman–Crippen MR) is 71.3 cm³/mol. The summed E-state index contributed by atoms with van der Waals surface area (Å²) >= 11 is 0. The molecule has 1 N–H and O–H groups in total. The molecule has 18 heavy (non-hydrogen) atoms. The lowest BCUT2D eigenvalue weighted by Gasteiger charge is -2.08. The van der Waals surface area contributed by atoms with Gasteiger partial charge in [-0.05, 0) is 37.3 Å². The number of benzene rings is 2. The van der Waals surface area contributed by atoms with Gasteiger partial charge in [0, 0.05) is 17.8 Å². The molecule has 0 amide bonds. The summed E-state index contributed by atoms with van der Waals surface area (Å²) in [6.07, 6.45) is 0. The van der Waals surface area contributed by atoms with Crippen molar-refractivity contribution in [2.75, 3.05) is 11.9 Å². The molecule has 0 aromatic heterocycles. The highest BCUT2D eigenvalue weighted by Crippen LogP contribution is 2.17. The fourth-order valence-corrected chi connectivity index (χ4v) is 1.67. The molecule has 0 spiro atoms. The third kappa shape index (κ3) is 3.23. The van der Waals surface area contributed by atoms with Crippen LogP contribution >= 0.6 is 0 Å². The molecule has 0 saturated heterocycles. The fraction of sp³-hybridized carbons (Fsp3) is 0.200. The van der Waals surface area contributed by atoms with Crippen molar-refractivity contribution < 1.29 is 9.13 Å². The molecule has 2 nitrogen and oxygen atoms in total. The van der Waals surface area contributed by atoms with Crippen LogP contribution in [0.5, 0.6) is 5.75 Å². The molecule has 0 unspecified atom stereocenters. The van der Waals surface area contributed by atoms with Gasteiger partial charge in [-0.2, -0.15) is 0 Å². The van der Waals surface area contributed by atoms with Crippen molar-refractivity contribution in [1.82, 2.24) is 0 Å². The molecule has 2 rings (SSSR count). The molecule has 0 bridgehead atoms. The van der Waals surface area contributed by atoms with Crippen LogP contribution in [0.4, 0.5) is 10.1 Å². The summed E-state index contributed by atoms with van der Waals surface area (Å²) in [5.74, 6) is 0.657. The van der Waals surface area contributed by atoms with Crippen LogP contribution in [0, 0.1) is 5.82 Å². The number of hydrogen-bond donors (Lipinski definition) is 1. The molecule has 2 aromatic carbocycles. The van der Waals surface area contributed by atoms with Gasteiger partial charge in [-0.25, -0.2) is 4.39 Å². The van der Waals surface area contributed by atoms with Crippen LogP contribution in [0.1, 0.15) is 12.5 Å². The van der Waals surface area contributed by atoms with Crippen molar-refractivity contribution in [3.8, 4) is 5.75 Å². The average molecular weight is 245 g/mol. The first-order valence-corrected chi connectivity index (χ1v) is 5.99. The van der Waals surface area contributed by atoms with Crippen LogP contribution in [-0.4, -0.2) is 6.61 Å². The minimum Gasteiger partial charge on any atom is -0.494 e. The van der Waals surface area contributed by atoms with Gasteiger partial charge in [0.25, 0.3) is 0 Å². The Hall–Kier alpha value is -2.03. The normalized spacial score (nSPS) is 10.1. The van der Waals surface area contributed by atoms with E-state index in [0.717, 1.165) is 11.4 Å². The second-order valence-corrected chi connectivity index (χ2v) is 3.90. The average Bonchev–Trinajstić information content (AvgIpc) is 2.40. The Morgan fingerprint density at radius 1 is 1.06 bits per heavy atom. The summed E-state index contributed by atoms with van der Waals surface area (Å²) in [5, 5.41) is 3.18. The van der Waals surface area contributed by atoms with E-state index in [-0.39, 0.29) is 5.82 Å². The van der Waals surface area contributed by atoms with Crippen LogP contribution in [0.3, 0.4) is 0 Å². The van der Waals surface area contributed by atoms with Gasteiger partial charge in [0.05, 0.1) is 6.61 Å². The first kappa shape index (κ1) is 12.4. The first-order chi connectivity index (χ1) is 8.79. The zero-order chi connectivity index (χ0) is 12.8. The molecule has 0 radical (unpaired) electrons. The van der Waals surface area contributed by atoms with E-state index in [2.05, 4.69) is 5.32 Å². The van der Waals surface area contributed by atoms with Gasteiger partial charge in [0.1, 0.15) is 11.6 Å². The third-order valence-electron chi connectivity index (χ3n) is 2.61. The fourth-order valence-electron chi connectivity index (χ4n) is 1.67. The maximum Gasteiger partial charge on any atom is 0.128 e. The molecule has 94 valence electrons. The van der Waals surface area contributed by atoms with Crippen molar-refractivity contribution in [2.24, 2.45) is 0 Å². The quantitative estimate of drug-likeness (QED) is 0.864. The summed E-state index contributed by atoms with van der Waals surface area (Å²) in [7, 11) is 0. The molecule has 0 atom stereocenters. The van der Waals surface area contributed by atoms with Crippen LogP contribution < -0.4 is 10.1 Å². The Balaban J connectivity index is 1.96. The molecular formula is C15H16FNO. The summed E-state index contributed by atoms with van der Waals surface area (Å²) in [6.45, 7) is 3.08. The minimum atomic E-state index is -0.184. The van der Waals surface area contributed by atoms with E-state index in [9.17, 15) is 4.39 Å². The number of halogens is 1. The molecular weight excluding hydrogens is 229 g/mol. The Labute approximate surface area is 106 Å². The first-order valence-electron chi connectivity index (χ1n) is 5.99. The van der Waals surface area contributed by atoms with Crippen molar-refractivity contribution in [3.63, 3.8) is 0 Å².